The van der Waals surface area contributed by atoms with Crippen molar-refractivity contribution >= 4 is 11.8 Å². The zero-order valence-corrected chi connectivity index (χ0v) is 7.79. The predicted octanol–water partition coefficient (Wildman–Crippen LogP) is 1.31. The fraction of sp³-hybridized carbons (Fsp3) is 1.00. The molecule has 0 amide bonds. The van der Waals surface area contributed by atoms with Gasteiger partial charge in [-0.15, -0.1) is 5.88 Å². The van der Waals surface area contributed by atoms with Gasteiger partial charge in [-0.1, -0.05) is 0 Å². The molecule has 0 aliphatic carbocycles. The molecule has 0 heterocycles. The van der Waals surface area contributed by atoms with E-state index < -0.39 is 0 Å². The quantitative estimate of drug-likeness (QED) is 0.623. The summed E-state index contributed by atoms with van der Waals surface area (Å²) in [7, 11) is 1.82. The first-order valence-electron chi connectivity index (χ1n) is 1.46. The Morgan fingerprint density at radius 1 is 1.67 bits per heavy atom. The Balaban J connectivity index is 0. The summed E-state index contributed by atoms with van der Waals surface area (Å²) in [5.41, 5.74) is 0. The zero-order valence-electron chi connectivity index (χ0n) is 4.14. The number of hydrogen-bond acceptors (Lipinski definition) is 1. The van der Waals surface area contributed by atoms with E-state index in [1.165, 1.54) is 0 Å². The molecule has 0 saturated heterocycles. The van der Waals surface area contributed by atoms with Crippen molar-refractivity contribution in [1.82, 2.24) is 0 Å². The second-order valence-electron chi connectivity index (χ2n) is 0.734. The summed E-state index contributed by atoms with van der Waals surface area (Å²) in [5, 5.41) is 3.82. The molecular weight excluding hydrogens is 171 g/mol. The van der Waals surface area contributed by atoms with Crippen LogP contribution >= 0.6 is 11.8 Å². The molecule has 6 heavy (non-hydrogen) atoms. The van der Waals surface area contributed by atoms with Gasteiger partial charge in [-0.2, -0.15) is 18.8 Å². The Bertz CT molecular complexity index is 18.3. The minimum atomic E-state index is 0. The maximum atomic E-state index is 3.82. The molecule has 0 bridgehead atoms. The molecule has 0 saturated carbocycles. The van der Waals surface area contributed by atoms with Gasteiger partial charge in [0.1, 0.15) is 0 Å². The van der Waals surface area contributed by atoms with Gasteiger partial charge in [0.15, 0.2) is 0 Å². The summed E-state index contributed by atoms with van der Waals surface area (Å²) in [6.45, 7) is 0. The van der Waals surface area contributed by atoms with Gasteiger partial charge in [0, 0.05) is 32.7 Å². The minimum Gasteiger partial charge on any atom is -0.656 e. The fourth-order valence-electron chi connectivity index (χ4n) is 0.129. The molecule has 0 atom stereocenters. The van der Waals surface area contributed by atoms with Crippen molar-refractivity contribution in [3.05, 3.63) is 5.32 Å². The standard InChI is InChI=1S/C3H8NS.Y/c1-4-3-5-2;/h3H2,1-2H3;/q-1;. The summed E-state index contributed by atoms with van der Waals surface area (Å²) in [5.74, 6) is 0.931. The number of rotatable bonds is 2. The van der Waals surface area contributed by atoms with E-state index in [0.29, 0.717) is 0 Å². The van der Waals surface area contributed by atoms with Gasteiger partial charge >= 0.3 is 0 Å². The van der Waals surface area contributed by atoms with Gasteiger partial charge in [-0.3, -0.25) is 0 Å². The van der Waals surface area contributed by atoms with Crippen LogP contribution in [0, 0.1) is 0 Å². The van der Waals surface area contributed by atoms with Crippen molar-refractivity contribution in [2.24, 2.45) is 0 Å². The van der Waals surface area contributed by atoms with Gasteiger partial charge in [0.05, 0.1) is 0 Å². The van der Waals surface area contributed by atoms with Crippen molar-refractivity contribution in [3.63, 3.8) is 0 Å². The molecule has 0 unspecified atom stereocenters. The molecule has 0 N–H and O–H groups in total. The Kier molecular flexibility index (Phi) is 16.7. The fourth-order valence-corrected chi connectivity index (χ4v) is 0.387. The molecule has 1 radical (unpaired) electrons. The third-order valence-corrected chi connectivity index (χ3v) is 0.775. The van der Waals surface area contributed by atoms with Crippen molar-refractivity contribution in [2.75, 3.05) is 19.2 Å². The third kappa shape index (κ3) is 9.05. The molecule has 0 aromatic heterocycles. The first-order chi connectivity index (χ1) is 2.41. The molecule has 0 fully saturated rings. The summed E-state index contributed by atoms with van der Waals surface area (Å²) in [6, 6.07) is 0. The zero-order chi connectivity index (χ0) is 4.12. The Morgan fingerprint density at radius 2 is 2.17 bits per heavy atom. The summed E-state index contributed by atoms with van der Waals surface area (Å²) in [6.07, 6.45) is 2.03. The number of thioether (sulfide) groups is 1. The van der Waals surface area contributed by atoms with Crippen LogP contribution in [0.2, 0.25) is 0 Å². The van der Waals surface area contributed by atoms with Gasteiger partial charge in [-0.25, -0.2) is 0 Å². The van der Waals surface area contributed by atoms with Gasteiger partial charge in [-0.05, 0) is 6.26 Å². The van der Waals surface area contributed by atoms with E-state index in [-0.39, 0.29) is 32.7 Å². The molecule has 0 aliphatic heterocycles. The molecule has 0 aromatic carbocycles. The van der Waals surface area contributed by atoms with Crippen molar-refractivity contribution in [1.29, 1.82) is 0 Å². The molecule has 35 valence electrons. The SMILES string of the molecule is C[N-]CSC.[Y]. The van der Waals surface area contributed by atoms with Crippen molar-refractivity contribution < 1.29 is 32.7 Å². The van der Waals surface area contributed by atoms with Crippen LogP contribution in [0.3, 0.4) is 0 Å². The van der Waals surface area contributed by atoms with E-state index in [1.807, 2.05) is 13.3 Å². The smallest absolute Gasteiger partial charge is 0 e. The maximum absolute atomic E-state index is 3.82. The van der Waals surface area contributed by atoms with E-state index in [9.17, 15) is 0 Å². The van der Waals surface area contributed by atoms with E-state index in [2.05, 4.69) is 5.32 Å². The molecule has 3 heteroatoms. The summed E-state index contributed by atoms with van der Waals surface area (Å²) < 4.78 is 0. The van der Waals surface area contributed by atoms with Gasteiger partial charge in [0.2, 0.25) is 0 Å². The van der Waals surface area contributed by atoms with E-state index >= 15 is 0 Å². The predicted molar refractivity (Wildman–Crippen MR) is 27.7 cm³/mol. The summed E-state index contributed by atoms with van der Waals surface area (Å²) in [4.78, 5) is 0. The van der Waals surface area contributed by atoms with Crippen LogP contribution in [-0.4, -0.2) is 19.2 Å². The van der Waals surface area contributed by atoms with Crippen molar-refractivity contribution in [3.8, 4) is 0 Å². The number of hydrogen-bond donors (Lipinski definition) is 0. The molecule has 0 aliphatic rings. The minimum absolute atomic E-state index is 0. The first kappa shape index (κ1) is 10.4. The Hall–Kier alpha value is 1.41. The summed E-state index contributed by atoms with van der Waals surface area (Å²) >= 11 is 1.73. The topological polar surface area (TPSA) is 14.1 Å². The third-order valence-electron chi connectivity index (χ3n) is 0.258. The average molecular weight is 179 g/mol. The van der Waals surface area contributed by atoms with Crippen LogP contribution in [-0.2, 0) is 32.7 Å². The normalized spacial score (nSPS) is 7.00. The molecular formula is C3H8NSY-. The van der Waals surface area contributed by atoms with Gasteiger partial charge < -0.3 is 5.32 Å². The molecule has 0 aromatic rings. The van der Waals surface area contributed by atoms with E-state index in [0.717, 1.165) is 5.88 Å². The van der Waals surface area contributed by atoms with Crippen LogP contribution in [0.4, 0.5) is 0 Å². The second kappa shape index (κ2) is 9.65. The molecule has 0 rings (SSSR count). The van der Waals surface area contributed by atoms with Crippen LogP contribution in [0.1, 0.15) is 0 Å². The van der Waals surface area contributed by atoms with E-state index in [4.69, 9.17) is 0 Å². The second-order valence-corrected chi connectivity index (χ2v) is 1.57. The van der Waals surface area contributed by atoms with Gasteiger partial charge in [0.25, 0.3) is 0 Å². The van der Waals surface area contributed by atoms with Crippen LogP contribution in [0.25, 0.3) is 5.32 Å². The van der Waals surface area contributed by atoms with E-state index in [1.54, 1.807) is 11.8 Å². The molecule has 1 nitrogen and oxygen atoms in total. The Morgan fingerprint density at radius 3 is 2.17 bits per heavy atom. The van der Waals surface area contributed by atoms with Crippen LogP contribution in [0.15, 0.2) is 0 Å². The molecule has 0 spiro atoms. The Labute approximate surface area is 68.5 Å². The average Bonchev–Trinajstić information content (AvgIpc) is 1.41. The van der Waals surface area contributed by atoms with Crippen molar-refractivity contribution in [2.45, 2.75) is 0 Å². The largest absolute Gasteiger partial charge is 0.656 e. The monoisotopic (exact) mass is 179 g/mol. The number of nitrogens with zero attached hydrogens (tertiary/aromatic N) is 1. The first-order valence-corrected chi connectivity index (χ1v) is 2.85. The van der Waals surface area contributed by atoms with Crippen LogP contribution in [0.5, 0.6) is 0 Å². The van der Waals surface area contributed by atoms with Crippen LogP contribution < -0.4 is 0 Å². The maximum Gasteiger partial charge on any atom is 0 e.